The van der Waals surface area contributed by atoms with Crippen molar-refractivity contribution < 1.29 is 19.0 Å². The first-order valence-corrected chi connectivity index (χ1v) is 6.63. The third-order valence-corrected chi connectivity index (χ3v) is 3.39. The molecular formula is C16H14FNO3. The van der Waals surface area contributed by atoms with Crippen molar-refractivity contribution in [2.45, 2.75) is 18.4 Å². The van der Waals surface area contributed by atoms with Gasteiger partial charge in [0, 0.05) is 11.3 Å². The molecular weight excluding hydrogens is 273 g/mol. The average Bonchev–Trinajstić information content (AvgIpc) is 3.18. The van der Waals surface area contributed by atoms with Gasteiger partial charge in [-0.1, -0.05) is 24.3 Å². The number of rotatable bonds is 3. The molecule has 0 aromatic heterocycles. The van der Waals surface area contributed by atoms with Gasteiger partial charge in [0.05, 0.1) is 5.60 Å². The minimum absolute atomic E-state index is 0.268. The van der Waals surface area contributed by atoms with E-state index in [-0.39, 0.29) is 11.3 Å². The molecule has 2 aromatic carbocycles. The van der Waals surface area contributed by atoms with Gasteiger partial charge in [0.25, 0.3) is 0 Å². The minimum atomic E-state index is -1.03. The Labute approximate surface area is 121 Å². The van der Waals surface area contributed by atoms with Crippen molar-refractivity contribution in [3.8, 4) is 5.75 Å². The van der Waals surface area contributed by atoms with Gasteiger partial charge in [-0.25, -0.2) is 9.18 Å². The summed E-state index contributed by atoms with van der Waals surface area (Å²) in [6.45, 7) is 0. The van der Waals surface area contributed by atoms with Crippen molar-refractivity contribution in [3.05, 3.63) is 59.9 Å². The highest BCUT2D eigenvalue weighted by Gasteiger charge is 2.44. The Morgan fingerprint density at radius 3 is 2.52 bits per heavy atom. The molecule has 1 saturated carbocycles. The molecule has 108 valence electrons. The highest BCUT2D eigenvalue weighted by molar-refractivity contribution is 5.86. The predicted octanol–water partition coefficient (Wildman–Crippen LogP) is 3.42. The second-order valence-corrected chi connectivity index (χ2v) is 5.05. The molecule has 0 saturated heterocycles. The molecule has 4 nitrogen and oxygen atoms in total. The smallest absolute Gasteiger partial charge is 0.410 e. The molecule has 1 aliphatic rings. The summed E-state index contributed by atoms with van der Waals surface area (Å²) in [5.74, 6) is -0.133. The Kier molecular flexibility index (Phi) is 3.35. The number of nitrogens with one attached hydrogen (secondary N) is 1. The van der Waals surface area contributed by atoms with Crippen LogP contribution in [0.4, 0.5) is 14.9 Å². The van der Waals surface area contributed by atoms with E-state index < -0.39 is 17.5 Å². The number of hydrogen-bond donors (Lipinski definition) is 2. The van der Waals surface area contributed by atoms with Crippen LogP contribution in [-0.4, -0.2) is 11.2 Å². The summed E-state index contributed by atoms with van der Waals surface area (Å²) in [5, 5.41) is 12.3. The molecule has 1 amide bonds. The predicted molar refractivity (Wildman–Crippen MR) is 75.6 cm³/mol. The first-order chi connectivity index (χ1) is 10.1. The Balaban J connectivity index is 1.68. The molecule has 2 N–H and O–H groups in total. The van der Waals surface area contributed by atoms with Crippen LogP contribution in [0.15, 0.2) is 48.5 Å². The van der Waals surface area contributed by atoms with Crippen LogP contribution in [0.5, 0.6) is 5.75 Å². The van der Waals surface area contributed by atoms with Gasteiger partial charge in [0.1, 0.15) is 11.6 Å². The highest BCUT2D eigenvalue weighted by Crippen LogP contribution is 2.46. The van der Waals surface area contributed by atoms with E-state index >= 15 is 0 Å². The number of halogens is 1. The molecule has 5 heteroatoms. The number of carbonyl (C=O) groups excluding carboxylic acids is 1. The Bertz CT molecular complexity index is 668. The number of hydrogen-bond acceptors (Lipinski definition) is 3. The van der Waals surface area contributed by atoms with Gasteiger partial charge in [-0.15, -0.1) is 0 Å². The topological polar surface area (TPSA) is 58.6 Å². The SMILES string of the molecule is O=C(Nc1ccc(C2(O)CC2)c(F)c1)Oc1ccccc1. The second kappa shape index (κ2) is 5.18. The number of benzene rings is 2. The van der Waals surface area contributed by atoms with Crippen molar-refractivity contribution in [2.75, 3.05) is 5.32 Å². The highest BCUT2D eigenvalue weighted by atomic mass is 19.1. The molecule has 1 fully saturated rings. The van der Waals surface area contributed by atoms with Crippen LogP contribution >= 0.6 is 0 Å². The van der Waals surface area contributed by atoms with Crippen molar-refractivity contribution >= 4 is 11.8 Å². The number of para-hydroxylation sites is 1. The molecule has 0 unspecified atom stereocenters. The van der Waals surface area contributed by atoms with E-state index in [1.165, 1.54) is 12.1 Å². The first kappa shape index (κ1) is 13.6. The fraction of sp³-hybridized carbons (Fsp3) is 0.188. The fourth-order valence-corrected chi connectivity index (χ4v) is 2.10. The zero-order valence-electron chi connectivity index (χ0n) is 11.2. The molecule has 0 aliphatic heterocycles. The zero-order valence-corrected chi connectivity index (χ0v) is 11.2. The van der Waals surface area contributed by atoms with Gasteiger partial charge in [-0.2, -0.15) is 0 Å². The maximum atomic E-state index is 13.9. The summed E-state index contributed by atoms with van der Waals surface area (Å²) in [6, 6.07) is 12.8. The molecule has 0 radical (unpaired) electrons. The van der Waals surface area contributed by atoms with Gasteiger partial charge in [-0.05, 0) is 37.1 Å². The molecule has 0 atom stereocenters. The lowest BCUT2D eigenvalue weighted by Gasteiger charge is -2.11. The molecule has 2 aromatic rings. The van der Waals surface area contributed by atoms with Gasteiger partial charge < -0.3 is 9.84 Å². The Hall–Kier alpha value is -2.40. The lowest BCUT2D eigenvalue weighted by molar-refractivity contribution is 0.147. The van der Waals surface area contributed by atoms with Crippen LogP contribution in [0, 0.1) is 5.82 Å². The molecule has 0 heterocycles. The fourth-order valence-electron chi connectivity index (χ4n) is 2.10. The second-order valence-electron chi connectivity index (χ2n) is 5.05. The molecule has 21 heavy (non-hydrogen) atoms. The Morgan fingerprint density at radius 2 is 1.90 bits per heavy atom. The van der Waals surface area contributed by atoms with Crippen LogP contribution in [-0.2, 0) is 5.60 Å². The van der Waals surface area contributed by atoms with Crippen LogP contribution < -0.4 is 10.1 Å². The van der Waals surface area contributed by atoms with Crippen LogP contribution in [0.25, 0.3) is 0 Å². The number of anilines is 1. The summed E-state index contributed by atoms with van der Waals surface area (Å²) in [4.78, 5) is 11.7. The number of ether oxygens (including phenoxy) is 1. The van der Waals surface area contributed by atoms with Crippen molar-refractivity contribution in [1.82, 2.24) is 0 Å². The van der Waals surface area contributed by atoms with Gasteiger partial charge >= 0.3 is 6.09 Å². The van der Waals surface area contributed by atoms with Crippen molar-refractivity contribution in [3.63, 3.8) is 0 Å². The Morgan fingerprint density at radius 1 is 1.19 bits per heavy atom. The molecule has 0 spiro atoms. The minimum Gasteiger partial charge on any atom is -0.410 e. The van der Waals surface area contributed by atoms with E-state index in [4.69, 9.17) is 4.74 Å². The van der Waals surface area contributed by atoms with Gasteiger partial charge in [-0.3, -0.25) is 5.32 Å². The molecule has 0 bridgehead atoms. The zero-order chi connectivity index (χ0) is 14.9. The summed E-state index contributed by atoms with van der Waals surface area (Å²) >= 11 is 0. The van der Waals surface area contributed by atoms with Crippen LogP contribution in [0.2, 0.25) is 0 Å². The first-order valence-electron chi connectivity index (χ1n) is 6.63. The lowest BCUT2D eigenvalue weighted by Crippen LogP contribution is -2.17. The standard InChI is InChI=1S/C16H14FNO3/c17-14-10-11(6-7-13(14)16(20)8-9-16)18-15(19)21-12-4-2-1-3-5-12/h1-7,10,20H,8-9H2,(H,18,19). The maximum Gasteiger partial charge on any atom is 0.417 e. The van der Waals surface area contributed by atoms with E-state index in [1.54, 1.807) is 30.3 Å². The van der Waals surface area contributed by atoms with Gasteiger partial charge in [0.2, 0.25) is 0 Å². The van der Waals surface area contributed by atoms with E-state index in [0.29, 0.717) is 18.6 Å². The van der Waals surface area contributed by atoms with E-state index in [2.05, 4.69) is 5.32 Å². The lowest BCUT2D eigenvalue weighted by atomic mass is 10.1. The summed E-state index contributed by atoms with van der Waals surface area (Å²) in [7, 11) is 0. The third-order valence-electron chi connectivity index (χ3n) is 3.39. The quantitative estimate of drug-likeness (QED) is 0.909. The molecule has 3 rings (SSSR count). The van der Waals surface area contributed by atoms with E-state index in [0.717, 1.165) is 0 Å². The van der Waals surface area contributed by atoms with E-state index in [9.17, 15) is 14.3 Å². The summed E-state index contributed by atoms with van der Waals surface area (Å²) in [6.07, 6.45) is 0.429. The summed E-state index contributed by atoms with van der Waals surface area (Å²) in [5.41, 5.74) is -0.487. The van der Waals surface area contributed by atoms with E-state index in [1.807, 2.05) is 6.07 Å². The maximum absolute atomic E-state index is 13.9. The van der Waals surface area contributed by atoms with Gasteiger partial charge in [0.15, 0.2) is 0 Å². The van der Waals surface area contributed by atoms with Crippen LogP contribution in [0.3, 0.4) is 0 Å². The van der Waals surface area contributed by atoms with Crippen molar-refractivity contribution in [2.24, 2.45) is 0 Å². The number of carbonyl (C=O) groups is 1. The average molecular weight is 287 g/mol. The molecule has 1 aliphatic carbocycles. The number of aliphatic hydroxyl groups is 1. The number of amides is 1. The van der Waals surface area contributed by atoms with Crippen LogP contribution in [0.1, 0.15) is 18.4 Å². The summed E-state index contributed by atoms with van der Waals surface area (Å²) < 4.78 is 19.0. The largest absolute Gasteiger partial charge is 0.417 e. The normalized spacial score (nSPS) is 15.3. The van der Waals surface area contributed by atoms with Crippen molar-refractivity contribution in [1.29, 1.82) is 0 Å². The third kappa shape index (κ3) is 3.03. The monoisotopic (exact) mass is 287 g/mol.